The molecule has 106 valence electrons. The first-order chi connectivity index (χ1) is 8.94. The molecule has 0 saturated heterocycles. The van der Waals surface area contributed by atoms with Gasteiger partial charge in [-0.1, -0.05) is 21.5 Å². The monoisotopic (exact) mass is 332 g/mol. The van der Waals surface area contributed by atoms with Crippen LogP contribution >= 0.6 is 15.9 Å². The Balaban J connectivity index is 2.52. The fourth-order valence-corrected chi connectivity index (χ4v) is 4.00. The second-order valence-corrected chi connectivity index (χ2v) is 5.72. The van der Waals surface area contributed by atoms with Gasteiger partial charge in [-0.05, 0) is 13.3 Å². The van der Waals surface area contributed by atoms with Crippen LogP contribution in [0, 0.1) is 17.8 Å². The van der Waals surface area contributed by atoms with Gasteiger partial charge in [0, 0.05) is 18.7 Å². The van der Waals surface area contributed by atoms with Gasteiger partial charge in [-0.25, -0.2) is 0 Å². The number of rotatable bonds is 3. The molecule has 0 unspecified atom stereocenters. The van der Waals surface area contributed by atoms with Crippen molar-refractivity contribution in [2.75, 3.05) is 21.3 Å². The number of carbonyl (C=O) groups excluding carboxylic acids is 2. The van der Waals surface area contributed by atoms with Gasteiger partial charge in [-0.2, -0.15) is 0 Å². The lowest BCUT2D eigenvalue weighted by molar-refractivity contribution is -0.241. The molecule has 0 aromatic rings. The smallest absolute Gasteiger partial charge is 0.309 e. The van der Waals surface area contributed by atoms with Gasteiger partial charge in [0.25, 0.3) is 0 Å². The summed E-state index contributed by atoms with van der Waals surface area (Å²) in [5, 5.41) is 0. The van der Waals surface area contributed by atoms with Gasteiger partial charge in [0.05, 0.1) is 24.9 Å². The lowest BCUT2D eigenvalue weighted by Crippen LogP contribution is -2.62. The lowest BCUT2D eigenvalue weighted by atomic mass is 9.61. The molecule has 0 heterocycles. The van der Waals surface area contributed by atoms with Crippen molar-refractivity contribution < 1.29 is 23.8 Å². The van der Waals surface area contributed by atoms with E-state index in [1.54, 1.807) is 0 Å². The molecule has 0 amide bonds. The topological polar surface area (TPSA) is 61.8 Å². The van der Waals surface area contributed by atoms with E-state index in [0.717, 1.165) is 10.1 Å². The summed E-state index contributed by atoms with van der Waals surface area (Å²) in [6, 6.07) is 0. The van der Waals surface area contributed by atoms with E-state index >= 15 is 0 Å². The molecule has 0 radical (unpaired) electrons. The molecule has 19 heavy (non-hydrogen) atoms. The maximum Gasteiger partial charge on any atom is 0.309 e. The summed E-state index contributed by atoms with van der Waals surface area (Å²) in [6.07, 6.45) is 0.475. The first-order valence-electron chi connectivity index (χ1n) is 6.03. The Morgan fingerprint density at radius 1 is 1.32 bits per heavy atom. The van der Waals surface area contributed by atoms with Gasteiger partial charge in [0.2, 0.25) is 11.6 Å². The van der Waals surface area contributed by atoms with Crippen molar-refractivity contribution in [2.45, 2.75) is 19.1 Å². The van der Waals surface area contributed by atoms with Gasteiger partial charge < -0.3 is 14.2 Å². The van der Waals surface area contributed by atoms with Crippen LogP contribution in [0.5, 0.6) is 0 Å². The second-order valence-electron chi connectivity index (χ2n) is 4.87. The standard InChI is InChI=1S/C13H17BrO5/c1-6-9-7(12(16)17-2)5-8(10(6)14)13(18-3,19-4)11(9)15/h7-9H,5H2,1-4H3/t7-,8-,9+/m1/s1. The van der Waals surface area contributed by atoms with Crippen LogP contribution in [0.3, 0.4) is 0 Å². The molecule has 3 aliphatic rings. The number of hydrogen-bond donors (Lipinski definition) is 0. The zero-order valence-corrected chi connectivity index (χ0v) is 12.9. The zero-order chi connectivity index (χ0) is 14.4. The number of hydrogen-bond acceptors (Lipinski definition) is 5. The number of ketones is 1. The number of fused-ring (bicyclic) bond motifs is 2. The Morgan fingerprint density at radius 3 is 2.37 bits per heavy atom. The summed E-state index contributed by atoms with van der Waals surface area (Å²) in [5.74, 6) is -3.18. The molecule has 3 atom stereocenters. The van der Waals surface area contributed by atoms with E-state index in [0.29, 0.717) is 6.42 Å². The van der Waals surface area contributed by atoms with Crippen molar-refractivity contribution in [1.82, 2.24) is 0 Å². The van der Waals surface area contributed by atoms with Gasteiger partial charge in [0.1, 0.15) is 0 Å². The first-order valence-corrected chi connectivity index (χ1v) is 6.82. The SMILES string of the molecule is COC(=O)[C@@H]1C[C@@H]2C(Br)=C(C)[C@@H]1C(=O)C2(OC)OC. The van der Waals surface area contributed by atoms with Crippen LogP contribution in [0.2, 0.25) is 0 Å². The number of halogens is 1. The number of Topliss-reactive ketones (excluding diaryl/α,β-unsaturated/α-hetero) is 1. The minimum atomic E-state index is -1.30. The van der Waals surface area contributed by atoms with E-state index in [2.05, 4.69) is 15.9 Å². The third-order valence-electron chi connectivity index (χ3n) is 4.24. The summed E-state index contributed by atoms with van der Waals surface area (Å²) < 4.78 is 16.4. The highest BCUT2D eigenvalue weighted by molar-refractivity contribution is 9.11. The molecular weight excluding hydrogens is 316 g/mol. The van der Waals surface area contributed by atoms with Crippen molar-refractivity contribution in [3.05, 3.63) is 10.1 Å². The van der Waals surface area contributed by atoms with Crippen molar-refractivity contribution in [2.24, 2.45) is 17.8 Å². The maximum atomic E-state index is 12.6. The Morgan fingerprint density at radius 2 is 1.89 bits per heavy atom. The van der Waals surface area contributed by atoms with E-state index in [1.165, 1.54) is 21.3 Å². The van der Waals surface area contributed by atoms with Gasteiger partial charge in [-0.3, -0.25) is 9.59 Å². The number of carbonyl (C=O) groups is 2. The molecular formula is C13H17BrO5. The van der Waals surface area contributed by atoms with Gasteiger partial charge in [-0.15, -0.1) is 0 Å². The average molecular weight is 333 g/mol. The van der Waals surface area contributed by atoms with Gasteiger partial charge >= 0.3 is 5.97 Å². The van der Waals surface area contributed by atoms with Crippen molar-refractivity contribution in [1.29, 1.82) is 0 Å². The van der Waals surface area contributed by atoms with E-state index in [9.17, 15) is 9.59 Å². The summed E-state index contributed by atoms with van der Waals surface area (Å²) in [4.78, 5) is 24.5. The number of allylic oxidation sites excluding steroid dienone is 1. The highest BCUT2D eigenvalue weighted by atomic mass is 79.9. The molecule has 3 aliphatic carbocycles. The third kappa shape index (κ3) is 1.80. The first kappa shape index (κ1) is 14.7. The molecule has 0 aliphatic heterocycles. The van der Waals surface area contributed by atoms with Crippen LogP contribution in [0.15, 0.2) is 10.1 Å². The van der Waals surface area contributed by atoms with Crippen LogP contribution in [0.1, 0.15) is 13.3 Å². The van der Waals surface area contributed by atoms with E-state index in [1.807, 2.05) is 6.92 Å². The fourth-order valence-electron chi connectivity index (χ4n) is 3.26. The summed E-state index contributed by atoms with van der Waals surface area (Å²) in [5.41, 5.74) is 0.862. The van der Waals surface area contributed by atoms with Crippen LogP contribution in [-0.2, 0) is 23.8 Å². The second kappa shape index (κ2) is 5.00. The molecule has 2 bridgehead atoms. The zero-order valence-electron chi connectivity index (χ0n) is 11.4. The Bertz CT molecular complexity index is 452. The predicted octanol–water partition coefficient (Wildman–Crippen LogP) is 1.65. The molecule has 0 N–H and O–H groups in total. The Hall–Kier alpha value is -0.720. The molecule has 1 saturated carbocycles. The molecule has 1 fully saturated rings. The van der Waals surface area contributed by atoms with E-state index in [4.69, 9.17) is 14.2 Å². The van der Waals surface area contributed by atoms with Crippen molar-refractivity contribution in [3.8, 4) is 0 Å². The highest BCUT2D eigenvalue weighted by Crippen LogP contribution is 2.54. The van der Waals surface area contributed by atoms with Crippen molar-refractivity contribution in [3.63, 3.8) is 0 Å². The van der Waals surface area contributed by atoms with Crippen LogP contribution in [-0.4, -0.2) is 38.9 Å². The number of esters is 1. The molecule has 0 aromatic heterocycles. The molecule has 5 nitrogen and oxygen atoms in total. The Kier molecular flexibility index (Phi) is 3.86. The van der Waals surface area contributed by atoms with Gasteiger partial charge in [0.15, 0.2) is 0 Å². The number of methoxy groups -OCH3 is 3. The number of ether oxygens (including phenoxy) is 3. The summed E-state index contributed by atoms with van der Waals surface area (Å²) in [6.45, 7) is 1.85. The van der Waals surface area contributed by atoms with Crippen LogP contribution in [0.4, 0.5) is 0 Å². The molecule has 0 spiro atoms. The minimum absolute atomic E-state index is 0.204. The Labute approximate surface area is 120 Å². The third-order valence-corrected chi connectivity index (χ3v) is 5.41. The summed E-state index contributed by atoms with van der Waals surface area (Å²) >= 11 is 3.51. The average Bonchev–Trinajstić information content (AvgIpc) is 2.43. The molecule has 3 rings (SSSR count). The maximum absolute atomic E-state index is 12.6. The minimum Gasteiger partial charge on any atom is -0.469 e. The highest BCUT2D eigenvalue weighted by Gasteiger charge is 2.62. The van der Waals surface area contributed by atoms with Crippen LogP contribution in [0.25, 0.3) is 0 Å². The predicted molar refractivity (Wildman–Crippen MR) is 70.5 cm³/mol. The van der Waals surface area contributed by atoms with Crippen LogP contribution < -0.4 is 0 Å². The lowest BCUT2D eigenvalue weighted by Gasteiger charge is -2.50. The fraction of sp³-hybridized carbons (Fsp3) is 0.692. The van der Waals surface area contributed by atoms with E-state index in [-0.39, 0.29) is 17.7 Å². The largest absolute Gasteiger partial charge is 0.469 e. The normalized spacial score (nSPS) is 32.7. The van der Waals surface area contributed by atoms with Crippen molar-refractivity contribution >= 4 is 27.7 Å². The quantitative estimate of drug-likeness (QED) is 0.581. The molecule has 6 heteroatoms. The molecule has 0 aromatic carbocycles. The summed E-state index contributed by atoms with van der Waals surface area (Å²) in [7, 11) is 4.23. The van der Waals surface area contributed by atoms with E-state index < -0.39 is 17.6 Å².